The Balaban J connectivity index is 0.00000529. The van der Waals surface area contributed by atoms with Crippen LogP contribution in [0.25, 0.3) is 0 Å². The molecule has 0 amide bonds. The first-order valence-corrected chi connectivity index (χ1v) is 15.8. The van der Waals surface area contributed by atoms with Gasteiger partial charge in [0.05, 0.1) is 0 Å². The first-order chi connectivity index (χ1) is 16.8. The predicted octanol–water partition coefficient (Wildman–Crippen LogP) is 10.9. The summed E-state index contributed by atoms with van der Waals surface area (Å²) < 4.78 is 0. The van der Waals surface area contributed by atoms with E-state index >= 15 is 0 Å². The maximum absolute atomic E-state index is 12.1. The van der Waals surface area contributed by atoms with Gasteiger partial charge in [-0.2, -0.15) is 0 Å². The largest absolute Gasteiger partial charge is 0.303 e. The molecule has 0 aromatic carbocycles. The first-order valence-electron chi connectivity index (χ1n) is 15.8. The van der Waals surface area contributed by atoms with Crippen LogP contribution in [0.15, 0.2) is 0 Å². The number of carbonyl (C=O) groups is 2. The topological polar surface area (TPSA) is 34.1 Å². The van der Waals surface area contributed by atoms with Crippen molar-refractivity contribution in [1.29, 1.82) is 0 Å². The molecule has 1 saturated carbocycles. The van der Waals surface area contributed by atoms with E-state index in [1.165, 1.54) is 135 Å². The number of Topliss-reactive ketones (excluding diaryl/α,β-unsaturated/α-hetero) is 1. The van der Waals surface area contributed by atoms with E-state index < -0.39 is 0 Å². The molecule has 0 atom stereocenters. The van der Waals surface area contributed by atoms with Crippen molar-refractivity contribution in [2.75, 3.05) is 0 Å². The molecule has 0 unspecified atom stereocenters. The van der Waals surface area contributed by atoms with Gasteiger partial charge in [0.2, 0.25) is 0 Å². The molecule has 0 spiro atoms. The molecule has 34 heavy (non-hydrogen) atoms. The lowest BCUT2D eigenvalue weighted by Crippen LogP contribution is -2.06. The molecule has 0 heterocycles. The molecule has 2 nitrogen and oxygen atoms in total. The second-order valence-corrected chi connectivity index (χ2v) is 10.7. The minimum absolute atomic E-state index is 0.520. The van der Waals surface area contributed by atoms with Gasteiger partial charge in [0.25, 0.3) is 0 Å². The fraction of sp³-hybridized carbons (Fsp3) is 0.938. The monoisotopic (exact) mass is 478 g/mol. The number of hydrogen-bond acceptors (Lipinski definition) is 2. The summed E-state index contributed by atoms with van der Waals surface area (Å²) in [5.74, 6) is 1.49. The average Bonchev–Trinajstić information content (AvgIpc) is 2.87. The zero-order chi connectivity index (χ0) is 25.0. The minimum atomic E-state index is 0.520. The van der Waals surface area contributed by atoms with E-state index in [2.05, 4.69) is 0 Å². The Morgan fingerprint density at radius 1 is 0.559 bits per heavy atom. The van der Waals surface area contributed by atoms with Gasteiger partial charge in [0.15, 0.2) is 0 Å². The summed E-state index contributed by atoms with van der Waals surface area (Å²) in [5, 5.41) is 0. The number of rotatable bonds is 24. The Labute approximate surface area is 214 Å². The molecule has 1 aliphatic rings. The molecule has 0 bridgehead atoms. The Morgan fingerprint density at radius 2 is 0.941 bits per heavy atom. The zero-order valence-electron chi connectivity index (χ0n) is 23.6. The highest BCUT2D eigenvalue weighted by Crippen LogP contribution is 2.28. The van der Waals surface area contributed by atoms with Crippen molar-refractivity contribution in [2.24, 2.45) is 5.92 Å². The molecule has 2 heteroatoms. The fourth-order valence-corrected chi connectivity index (χ4v) is 5.38. The second kappa shape index (κ2) is 28.6. The standard InChI is InChI=1S/C30H56O2.C2H6/c31-28-22-15-13-11-9-7-5-3-1-2-4-6-8-10-12-14-19-26-30(32)27-21-20-25-29-23-17-16-18-24-29;1-2/h28-29H,1-27H2;1-2H3. The molecule has 1 rings (SSSR count). The Morgan fingerprint density at radius 3 is 1.38 bits per heavy atom. The van der Waals surface area contributed by atoms with Gasteiger partial charge in [0.1, 0.15) is 12.1 Å². The number of aldehydes is 1. The van der Waals surface area contributed by atoms with Crippen molar-refractivity contribution in [2.45, 2.75) is 187 Å². The molecule has 202 valence electrons. The normalized spacial score (nSPS) is 13.9. The van der Waals surface area contributed by atoms with Gasteiger partial charge in [-0.05, 0) is 25.2 Å². The van der Waals surface area contributed by atoms with E-state index in [1.54, 1.807) is 0 Å². The van der Waals surface area contributed by atoms with Crippen LogP contribution in [0.2, 0.25) is 0 Å². The van der Waals surface area contributed by atoms with E-state index in [0.717, 1.165) is 50.7 Å². The number of unbranched alkanes of at least 4 members (excludes halogenated alkanes) is 17. The van der Waals surface area contributed by atoms with Gasteiger partial charge < -0.3 is 4.79 Å². The van der Waals surface area contributed by atoms with Crippen LogP contribution in [-0.4, -0.2) is 12.1 Å². The number of ketones is 1. The predicted molar refractivity (Wildman–Crippen MR) is 151 cm³/mol. The molecule has 0 aliphatic heterocycles. The van der Waals surface area contributed by atoms with Crippen molar-refractivity contribution in [1.82, 2.24) is 0 Å². The molecular formula is C32H62O2. The van der Waals surface area contributed by atoms with E-state index in [4.69, 9.17) is 0 Å². The van der Waals surface area contributed by atoms with Gasteiger partial charge >= 0.3 is 0 Å². The summed E-state index contributed by atoms with van der Waals surface area (Å²) >= 11 is 0. The maximum Gasteiger partial charge on any atom is 0.132 e. The lowest BCUT2D eigenvalue weighted by atomic mass is 9.85. The van der Waals surface area contributed by atoms with Gasteiger partial charge in [-0.1, -0.05) is 149 Å². The third-order valence-electron chi connectivity index (χ3n) is 7.57. The summed E-state index contributed by atoms with van der Waals surface area (Å²) in [6.07, 6.45) is 35.7. The van der Waals surface area contributed by atoms with Crippen molar-refractivity contribution >= 4 is 12.1 Å². The van der Waals surface area contributed by atoms with Gasteiger partial charge in [-0.15, -0.1) is 0 Å². The van der Waals surface area contributed by atoms with Crippen LogP contribution in [0.4, 0.5) is 0 Å². The van der Waals surface area contributed by atoms with Crippen molar-refractivity contribution in [3.63, 3.8) is 0 Å². The lowest BCUT2D eigenvalue weighted by Gasteiger charge is -2.21. The van der Waals surface area contributed by atoms with Crippen LogP contribution in [0.5, 0.6) is 0 Å². The summed E-state index contributed by atoms with van der Waals surface area (Å²) in [6, 6.07) is 0. The van der Waals surface area contributed by atoms with Crippen LogP contribution in [0.1, 0.15) is 187 Å². The third-order valence-corrected chi connectivity index (χ3v) is 7.57. The fourth-order valence-electron chi connectivity index (χ4n) is 5.38. The first kappa shape index (κ1) is 33.3. The van der Waals surface area contributed by atoms with Crippen LogP contribution in [0, 0.1) is 5.92 Å². The van der Waals surface area contributed by atoms with Crippen LogP contribution in [-0.2, 0) is 9.59 Å². The molecule has 0 aromatic heterocycles. The van der Waals surface area contributed by atoms with Gasteiger partial charge in [0, 0.05) is 19.3 Å². The SMILES string of the molecule is CC.O=CCCCCCCCCCCCCCCCCCCC(=O)CCCCC1CCCCC1. The van der Waals surface area contributed by atoms with E-state index in [9.17, 15) is 9.59 Å². The van der Waals surface area contributed by atoms with Crippen LogP contribution in [0.3, 0.4) is 0 Å². The number of hydrogen-bond donors (Lipinski definition) is 0. The second-order valence-electron chi connectivity index (χ2n) is 10.7. The summed E-state index contributed by atoms with van der Waals surface area (Å²) in [4.78, 5) is 22.3. The Bertz CT molecular complexity index is 411. The maximum atomic E-state index is 12.1. The highest BCUT2D eigenvalue weighted by atomic mass is 16.1. The summed E-state index contributed by atoms with van der Waals surface area (Å²) in [7, 11) is 0. The summed E-state index contributed by atoms with van der Waals surface area (Å²) in [5.41, 5.74) is 0. The van der Waals surface area contributed by atoms with E-state index in [1.807, 2.05) is 13.8 Å². The van der Waals surface area contributed by atoms with Crippen LogP contribution < -0.4 is 0 Å². The molecule has 0 N–H and O–H groups in total. The zero-order valence-corrected chi connectivity index (χ0v) is 23.6. The molecule has 0 radical (unpaired) electrons. The highest BCUT2D eigenvalue weighted by molar-refractivity contribution is 5.78. The van der Waals surface area contributed by atoms with Gasteiger partial charge in [-0.3, -0.25) is 4.79 Å². The van der Waals surface area contributed by atoms with E-state index in [0.29, 0.717) is 5.78 Å². The molecule has 1 fully saturated rings. The van der Waals surface area contributed by atoms with Crippen LogP contribution >= 0.6 is 0 Å². The Kier molecular flexibility index (Phi) is 28.0. The minimum Gasteiger partial charge on any atom is -0.303 e. The number of carbonyl (C=O) groups excluding carboxylic acids is 2. The lowest BCUT2D eigenvalue weighted by molar-refractivity contribution is -0.119. The molecule has 0 aromatic rings. The third kappa shape index (κ3) is 24.5. The Hall–Kier alpha value is -0.660. The molecule has 1 aliphatic carbocycles. The average molecular weight is 479 g/mol. The van der Waals surface area contributed by atoms with Gasteiger partial charge in [-0.25, -0.2) is 0 Å². The smallest absolute Gasteiger partial charge is 0.132 e. The van der Waals surface area contributed by atoms with Crippen molar-refractivity contribution in [3.05, 3.63) is 0 Å². The molecular weight excluding hydrogens is 416 g/mol. The summed E-state index contributed by atoms with van der Waals surface area (Å²) in [6.45, 7) is 4.00. The highest BCUT2D eigenvalue weighted by Gasteiger charge is 2.12. The quantitative estimate of drug-likeness (QED) is 0.102. The van der Waals surface area contributed by atoms with E-state index in [-0.39, 0.29) is 0 Å². The van der Waals surface area contributed by atoms with Crippen molar-refractivity contribution < 1.29 is 9.59 Å². The van der Waals surface area contributed by atoms with Crippen molar-refractivity contribution in [3.8, 4) is 0 Å². The molecule has 0 saturated heterocycles.